The highest BCUT2D eigenvalue weighted by Gasteiger charge is 2.26. The van der Waals surface area contributed by atoms with Crippen molar-refractivity contribution in [2.45, 2.75) is 25.3 Å². The summed E-state index contributed by atoms with van der Waals surface area (Å²) < 4.78 is 5.23. The lowest BCUT2D eigenvalue weighted by atomic mass is 9.79. The molecule has 3 nitrogen and oxygen atoms in total. The van der Waals surface area contributed by atoms with Gasteiger partial charge >= 0.3 is 0 Å². The Morgan fingerprint density at radius 3 is 3.18 bits per heavy atom. The maximum atomic E-state index is 5.23. The van der Waals surface area contributed by atoms with Gasteiger partial charge in [-0.05, 0) is 48.9 Å². The second-order valence-electron chi connectivity index (χ2n) is 4.96. The van der Waals surface area contributed by atoms with Gasteiger partial charge in [0.15, 0.2) is 0 Å². The van der Waals surface area contributed by atoms with Crippen LogP contribution < -0.4 is 10.1 Å². The molecule has 0 saturated carbocycles. The maximum absolute atomic E-state index is 5.23. The van der Waals surface area contributed by atoms with Gasteiger partial charge in [0.2, 0.25) is 0 Å². The number of methoxy groups -OCH3 is 1. The van der Waals surface area contributed by atoms with Crippen molar-refractivity contribution in [2.24, 2.45) is 5.92 Å². The number of ether oxygens (including phenoxy) is 1. The van der Waals surface area contributed by atoms with Gasteiger partial charge in [0.1, 0.15) is 5.75 Å². The highest BCUT2D eigenvalue weighted by molar-refractivity contribution is 5.67. The largest absolute Gasteiger partial charge is 0.495 e. The molecule has 3 heteroatoms. The van der Waals surface area contributed by atoms with Crippen LogP contribution >= 0.6 is 0 Å². The van der Waals surface area contributed by atoms with Crippen LogP contribution in [0.2, 0.25) is 0 Å². The highest BCUT2D eigenvalue weighted by Crippen LogP contribution is 2.35. The number of fused-ring (bicyclic) bond motifs is 2. The zero-order valence-corrected chi connectivity index (χ0v) is 10.1. The number of aromatic nitrogens is 1. The lowest BCUT2D eigenvalue weighted by molar-refractivity contribution is 0.326. The molecule has 1 fully saturated rings. The van der Waals surface area contributed by atoms with E-state index < -0.39 is 0 Å². The fraction of sp³-hybridized carbons (Fsp3) is 0.500. The summed E-state index contributed by atoms with van der Waals surface area (Å²) in [7, 11) is 1.69. The molecule has 17 heavy (non-hydrogen) atoms. The van der Waals surface area contributed by atoms with E-state index in [1.807, 2.05) is 6.20 Å². The molecule has 0 spiro atoms. The molecule has 2 unspecified atom stereocenters. The second kappa shape index (κ2) is 4.49. The molecule has 1 aliphatic heterocycles. The molecule has 90 valence electrons. The number of nitrogens with zero attached hydrogens (tertiary/aromatic N) is 1. The van der Waals surface area contributed by atoms with E-state index >= 15 is 0 Å². The number of hydrogen-bond donors (Lipinski definition) is 1. The van der Waals surface area contributed by atoms with Gasteiger partial charge < -0.3 is 10.1 Å². The van der Waals surface area contributed by atoms with Crippen LogP contribution in [-0.2, 0) is 0 Å². The van der Waals surface area contributed by atoms with Crippen molar-refractivity contribution in [3.63, 3.8) is 0 Å². The zero-order valence-electron chi connectivity index (χ0n) is 10.1. The predicted molar refractivity (Wildman–Crippen MR) is 67.9 cm³/mol. The molecular weight excluding hydrogens is 212 g/mol. The van der Waals surface area contributed by atoms with Gasteiger partial charge in [-0.2, -0.15) is 0 Å². The van der Waals surface area contributed by atoms with E-state index in [1.165, 1.54) is 30.4 Å². The number of allylic oxidation sites excluding steroid dienone is 1. The fourth-order valence-electron chi connectivity index (χ4n) is 2.89. The number of hydrogen-bond acceptors (Lipinski definition) is 3. The molecule has 2 heterocycles. The Morgan fingerprint density at radius 1 is 1.41 bits per heavy atom. The minimum atomic E-state index is 0.559. The zero-order chi connectivity index (χ0) is 11.7. The molecule has 0 radical (unpaired) electrons. The first-order valence-corrected chi connectivity index (χ1v) is 6.28. The van der Waals surface area contributed by atoms with Gasteiger partial charge in [-0.1, -0.05) is 6.08 Å². The Hall–Kier alpha value is -1.35. The Labute approximate surface area is 102 Å². The Morgan fingerprint density at radius 2 is 2.35 bits per heavy atom. The molecule has 0 aromatic carbocycles. The standard InChI is InChI=1S/C14H18N2O/c1-17-14-7-12(8-15-9-14)11-4-10-2-3-16-13(5-10)6-11/h6-10,13,16H,2-5H2,1H3. The average Bonchev–Trinajstić information content (AvgIpc) is 2.38. The summed E-state index contributed by atoms with van der Waals surface area (Å²) in [5.41, 5.74) is 2.63. The summed E-state index contributed by atoms with van der Waals surface area (Å²) in [5, 5.41) is 3.55. The first kappa shape index (κ1) is 10.8. The van der Waals surface area contributed by atoms with Gasteiger partial charge in [-0.25, -0.2) is 0 Å². The SMILES string of the molecule is COc1cncc(C2=CC3CC(CCN3)C2)c1. The van der Waals surface area contributed by atoms with Crippen LogP contribution in [0.1, 0.15) is 24.8 Å². The summed E-state index contributed by atoms with van der Waals surface area (Å²) in [6.45, 7) is 1.16. The Balaban J connectivity index is 1.90. The smallest absolute Gasteiger partial charge is 0.137 e. The van der Waals surface area contributed by atoms with Crippen LogP contribution in [0, 0.1) is 5.92 Å². The topological polar surface area (TPSA) is 34.1 Å². The van der Waals surface area contributed by atoms with Crippen molar-refractivity contribution in [3.05, 3.63) is 30.1 Å². The maximum Gasteiger partial charge on any atom is 0.137 e. The quantitative estimate of drug-likeness (QED) is 0.846. The molecule has 0 amide bonds. The minimum Gasteiger partial charge on any atom is -0.495 e. The molecule has 2 bridgehead atoms. The van der Waals surface area contributed by atoms with Crippen LogP contribution in [0.3, 0.4) is 0 Å². The Kier molecular flexibility index (Phi) is 2.85. The average molecular weight is 230 g/mol. The lowest BCUT2D eigenvalue weighted by Crippen LogP contribution is -2.39. The summed E-state index contributed by atoms with van der Waals surface area (Å²) in [6, 6.07) is 2.64. The van der Waals surface area contributed by atoms with Crippen molar-refractivity contribution < 1.29 is 4.74 Å². The molecule has 1 aliphatic carbocycles. The molecule has 3 rings (SSSR count). The van der Waals surface area contributed by atoms with Gasteiger partial charge in [0, 0.05) is 12.2 Å². The molecule has 2 atom stereocenters. The van der Waals surface area contributed by atoms with Crippen LogP contribution in [0.25, 0.3) is 5.57 Å². The summed E-state index contributed by atoms with van der Waals surface area (Å²) in [4.78, 5) is 4.24. The molecular formula is C14H18N2O. The monoisotopic (exact) mass is 230 g/mol. The summed E-state index contributed by atoms with van der Waals surface area (Å²) >= 11 is 0. The van der Waals surface area contributed by atoms with E-state index in [2.05, 4.69) is 22.4 Å². The number of nitrogens with one attached hydrogen (secondary N) is 1. The number of rotatable bonds is 2. The third-order valence-electron chi connectivity index (χ3n) is 3.78. The predicted octanol–water partition coefficient (Wildman–Crippen LogP) is 2.25. The van der Waals surface area contributed by atoms with Crippen molar-refractivity contribution in [1.29, 1.82) is 0 Å². The normalized spacial score (nSPS) is 27.5. The van der Waals surface area contributed by atoms with Gasteiger partial charge in [-0.3, -0.25) is 4.98 Å². The number of pyridine rings is 1. The lowest BCUT2D eigenvalue weighted by Gasteiger charge is -2.34. The van der Waals surface area contributed by atoms with Crippen LogP contribution in [0.5, 0.6) is 5.75 Å². The number of piperidine rings is 1. The van der Waals surface area contributed by atoms with E-state index in [4.69, 9.17) is 4.74 Å². The van der Waals surface area contributed by atoms with Crippen molar-refractivity contribution in [2.75, 3.05) is 13.7 Å². The molecule has 1 saturated heterocycles. The van der Waals surface area contributed by atoms with E-state index in [9.17, 15) is 0 Å². The highest BCUT2D eigenvalue weighted by atomic mass is 16.5. The van der Waals surface area contributed by atoms with Crippen molar-refractivity contribution >= 4 is 5.57 Å². The fourth-order valence-corrected chi connectivity index (χ4v) is 2.89. The van der Waals surface area contributed by atoms with E-state index in [1.54, 1.807) is 13.3 Å². The Bertz CT molecular complexity index is 442. The van der Waals surface area contributed by atoms with Crippen LogP contribution in [0.4, 0.5) is 0 Å². The van der Waals surface area contributed by atoms with Crippen molar-refractivity contribution in [3.8, 4) is 5.75 Å². The van der Waals surface area contributed by atoms with Gasteiger partial charge in [0.05, 0.1) is 13.3 Å². The van der Waals surface area contributed by atoms with E-state index in [0.717, 1.165) is 18.2 Å². The minimum absolute atomic E-state index is 0.559. The molecule has 1 aromatic rings. The molecule has 1 N–H and O–H groups in total. The first-order valence-electron chi connectivity index (χ1n) is 6.28. The van der Waals surface area contributed by atoms with Crippen LogP contribution in [0.15, 0.2) is 24.5 Å². The first-order chi connectivity index (χ1) is 8.35. The van der Waals surface area contributed by atoms with Crippen LogP contribution in [-0.4, -0.2) is 24.7 Å². The van der Waals surface area contributed by atoms with Crippen molar-refractivity contribution in [1.82, 2.24) is 10.3 Å². The van der Waals surface area contributed by atoms with E-state index in [-0.39, 0.29) is 0 Å². The van der Waals surface area contributed by atoms with E-state index in [0.29, 0.717) is 6.04 Å². The van der Waals surface area contributed by atoms with Gasteiger partial charge in [0.25, 0.3) is 0 Å². The third-order valence-corrected chi connectivity index (χ3v) is 3.78. The summed E-state index contributed by atoms with van der Waals surface area (Å²) in [5.74, 6) is 1.68. The molecule has 1 aromatic heterocycles. The summed E-state index contributed by atoms with van der Waals surface area (Å²) in [6.07, 6.45) is 9.84. The van der Waals surface area contributed by atoms with Gasteiger partial charge in [-0.15, -0.1) is 0 Å². The second-order valence-corrected chi connectivity index (χ2v) is 4.96. The third kappa shape index (κ3) is 2.20. The molecule has 2 aliphatic rings.